The number of rotatable bonds is 2. The minimum absolute atomic E-state index is 0.109. The van der Waals surface area contributed by atoms with E-state index < -0.39 is 0 Å². The Hall–Kier alpha value is -1.58. The molecular weight excluding hydrogens is 290 g/mol. The molecule has 1 aliphatic rings. The van der Waals surface area contributed by atoms with Gasteiger partial charge in [-0.1, -0.05) is 17.7 Å². The monoisotopic (exact) mass is 301 g/mol. The van der Waals surface area contributed by atoms with Gasteiger partial charge in [-0.25, -0.2) is 0 Å². The third-order valence-electron chi connectivity index (χ3n) is 3.86. The van der Waals surface area contributed by atoms with Crippen molar-refractivity contribution in [1.82, 2.24) is 4.98 Å². The predicted octanol–water partition coefficient (Wildman–Crippen LogP) is 4.60. The highest BCUT2D eigenvalue weighted by molar-refractivity contribution is 7.14. The highest BCUT2D eigenvalue weighted by Crippen LogP contribution is 2.33. The van der Waals surface area contributed by atoms with E-state index in [9.17, 15) is 4.79 Å². The summed E-state index contributed by atoms with van der Waals surface area (Å²) in [6, 6.07) is 7.65. The molecule has 1 aromatic carbocycles. The zero-order valence-corrected chi connectivity index (χ0v) is 12.3. The number of ketones is 1. The normalized spacial score (nSPS) is 13.8. The summed E-state index contributed by atoms with van der Waals surface area (Å²) >= 11 is 7.62. The number of carbonyl (C=O) groups excluding carboxylic acids is 1. The quantitative estimate of drug-likeness (QED) is 0.689. The topological polar surface area (TPSA) is 32.9 Å². The van der Waals surface area contributed by atoms with Crippen LogP contribution in [-0.2, 0) is 12.8 Å². The molecule has 3 aromatic rings. The van der Waals surface area contributed by atoms with Crippen LogP contribution in [0.25, 0.3) is 10.9 Å². The van der Waals surface area contributed by atoms with E-state index in [1.54, 1.807) is 17.5 Å². The Labute approximate surface area is 125 Å². The molecule has 1 N–H and O–H groups in total. The van der Waals surface area contributed by atoms with Crippen molar-refractivity contribution >= 4 is 39.6 Å². The minimum atomic E-state index is 0.109. The summed E-state index contributed by atoms with van der Waals surface area (Å²) in [5, 5.41) is 1.61. The Morgan fingerprint density at radius 3 is 3.00 bits per heavy atom. The Balaban J connectivity index is 1.79. The second kappa shape index (κ2) is 4.47. The van der Waals surface area contributed by atoms with E-state index in [4.69, 9.17) is 11.6 Å². The first-order valence-electron chi connectivity index (χ1n) is 6.65. The number of carbonyl (C=O) groups is 1. The molecule has 20 heavy (non-hydrogen) atoms. The summed E-state index contributed by atoms with van der Waals surface area (Å²) in [6.07, 6.45) is 5.24. The van der Waals surface area contributed by atoms with E-state index >= 15 is 0 Å². The number of fused-ring (bicyclic) bond motifs is 2. The van der Waals surface area contributed by atoms with Crippen molar-refractivity contribution in [1.29, 1.82) is 0 Å². The van der Waals surface area contributed by atoms with Crippen LogP contribution in [-0.4, -0.2) is 10.8 Å². The summed E-state index contributed by atoms with van der Waals surface area (Å²) in [5.41, 5.74) is 3.00. The van der Waals surface area contributed by atoms with Gasteiger partial charge in [0, 0.05) is 32.6 Å². The molecule has 0 amide bonds. The fraction of sp³-hybridized carbons (Fsp3) is 0.188. The van der Waals surface area contributed by atoms with Crippen molar-refractivity contribution in [3.8, 4) is 0 Å². The molecule has 4 heteroatoms. The van der Waals surface area contributed by atoms with E-state index in [0.717, 1.165) is 34.2 Å². The van der Waals surface area contributed by atoms with Gasteiger partial charge in [-0.2, -0.15) is 0 Å². The van der Waals surface area contributed by atoms with Gasteiger partial charge in [0.05, 0.1) is 4.88 Å². The van der Waals surface area contributed by atoms with Crippen LogP contribution in [0.2, 0.25) is 5.02 Å². The van der Waals surface area contributed by atoms with Crippen LogP contribution in [0.1, 0.15) is 32.1 Å². The zero-order valence-electron chi connectivity index (χ0n) is 10.7. The molecule has 2 aromatic heterocycles. The van der Waals surface area contributed by atoms with Gasteiger partial charge in [0.15, 0.2) is 0 Å². The number of H-pyrrole nitrogens is 1. The number of hydrogen-bond donors (Lipinski definition) is 1. The fourth-order valence-corrected chi connectivity index (χ4v) is 4.24. The molecule has 4 rings (SSSR count). The molecule has 0 aliphatic heterocycles. The van der Waals surface area contributed by atoms with Crippen molar-refractivity contribution in [3.05, 3.63) is 56.4 Å². The molecule has 2 heterocycles. The van der Waals surface area contributed by atoms with Crippen LogP contribution in [0.5, 0.6) is 0 Å². The maximum absolute atomic E-state index is 12.7. The number of aromatic nitrogens is 1. The molecule has 0 unspecified atom stereocenters. The van der Waals surface area contributed by atoms with Gasteiger partial charge in [-0.15, -0.1) is 11.3 Å². The third-order valence-corrected chi connectivity index (χ3v) is 5.33. The fourth-order valence-electron chi connectivity index (χ4n) is 2.86. The van der Waals surface area contributed by atoms with Crippen LogP contribution < -0.4 is 0 Å². The van der Waals surface area contributed by atoms with Gasteiger partial charge in [0.25, 0.3) is 0 Å². The molecular formula is C16H12ClNOS. The van der Waals surface area contributed by atoms with Crippen molar-refractivity contribution in [2.24, 2.45) is 0 Å². The van der Waals surface area contributed by atoms with Crippen molar-refractivity contribution in [2.45, 2.75) is 19.3 Å². The number of hydrogen-bond acceptors (Lipinski definition) is 2. The number of thiophene rings is 1. The van der Waals surface area contributed by atoms with Crippen molar-refractivity contribution in [3.63, 3.8) is 0 Å². The van der Waals surface area contributed by atoms with Gasteiger partial charge in [0.1, 0.15) is 0 Å². The van der Waals surface area contributed by atoms with Crippen molar-refractivity contribution in [2.75, 3.05) is 0 Å². The lowest BCUT2D eigenvalue weighted by Gasteiger charge is -1.97. The van der Waals surface area contributed by atoms with Crippen molar-refractivity contribution < 1.29 is 4.79 Å². The number of nitrogens with one attached hydrogen (secondary N) is 1. The second-order valence-corrected chi connectivity index (χ2v) is 6.71. The summed E-state index contributed by atoms with van der Waals surface area (Å²) in [5.74, 6) is 0.109. The minimum Gasteiger partial charge on any atom is -0.360 e. The van der Waals surface area contributed by atoms with Crippen LogP contribution >= 0.6 is 22.9 Å². The van der Waals surface area contributed by atoms with E-state index in [1.807, 2.05) is 18.2 Å². The molecule has 1 aliphatic carbocycles. The Morgan fingerprint density at radius 1 is 1.25 bits per heavy atom. The number of halogens is 1. The third kappa shape index (κ3) is 1.81. The van der Waals surface area contributed by atoms with Gasteiger partial charge in [0.2, 0.25) is 5.78 Å². The second-order valence-electron chi connectivity index (χ2n) is 5.13. The van der Waals surface area contributed by atoms with Crippen LogP contribution in [0, 0.1) is 0 Å². The average molecular weight is 302 g/mol. The van der Waals surface area contributed by atoms with Gasteiger partial charge in [-0.3, -0.25) is 4.79 Å². The number of benzene rings is 1. The van der Waals surface area contributed by atoms with Crippen LogP contribution in [0.3, 0.4) is 0 Å². The first kappa shape index (κ1) is 12.2. The molecule has 2 nitrogen and oxygen atoms in total. The smallest absolute Gasteiger partial charge is 0.205 e. The summed E-state index contributed by atoms with van der Waals surface area (Å²) in [6.45, 7) is 0. The lowest BCUT2D eigenvalue weighted by Crippen LogP contribution is -1.97. The first-order chi connectivity index (χ1) is 9.72. The first-order valence-corrected chi connectivity index (χ1v) is 7.85. The molecule has 0 radical (unpaired) electrons. The Morgan fingerprint density at radius 2 is 2.15 bits per heavy atom. The van der Waals surface area contributed by atoms with Crippen LogP contribution in [0.4, 0.5) is 0 Å². The standard InChI is InChI=1S/C16H12ClNOS/c17-10-4-5-11-12(8-18-13(11)7-10)16(19)15-6-9-2-1-3-14(9)20-15/h4-8,18H,1-3H2. The highest BCUT2D eigenvalue weighted by Gasteiger charge is 2.21. The van der Waals surface area contributed by atoms with Gasteiger partial charge in [-0.05, 0) is 43.0 Å². The lowest BCUT2D eigenvalue weighted by atomic mass is 10.1. The maximum atomic E-state index is 12.7. The van der Waals surface area contributed by atoms with Gasteiger partial charge < -0.3 is 4.98 Å². The largest absolute Gasteiger partial charge is 0.360 e. The summed E-state index contributed by atoms with van der Waals surface area (Å²) in [4.78, 5) is 18.0. The average Bonchev–Trinajstić information content (AvgIpc) is 3.10. The highest BCUT2D eigenvalue weighted by atomic mass is 35.5. The van der Waals surface area contributed by atoms with E-state index in [0.29, 0.717) is 5.02 Å². The van der Waals surface area contributed by atoms with E-state index in [2.05, 4.69) is 11.1 Å². The SMILES string of the molecule is O=C(c1cc2c(s1)CCC2)c1c[nH]c2cc(Cl)ccc12. The van der Waals surface area contributed by atoms with Crippen LogP contribution in [0.15, 0.2) is 30.5 Å². The number of aryl methyl sites for hydroxylation is 2. The molecule has 0 bridgehead atoms. The molecule has 100 valence electrons. The van der Waals surface area contributed by atoms with E-state index in [1.165, 1.54) is 16.9 Å². The molecule has 0 atom stereocenters. The Kier molecular flexibility index (Phi) is 2.72. The summed E-state index contributed by atoms with van der Waals surface area (Å²) < 4.78 is 0. The maximum Gasteiger partial charge on any atom is 0.205 e. The molecule has 0 spiro atoms. The zero-order chi connectivity index (χ0) is 13.7. The molecule has 0 saturated carbocycles. The number of aromatic amines is 1. The predicted molar refractivity (Wildman–Crippen MR) is 83.1 cm³/mol. The van der Waals surface area contributed by atoms with Gasteiger partial charge >= 0.3 is 0 Å². The summed E-state index contributed by atoms with van der Waals surface area (Å²) in [7, 11) is 0. The molecule has 0 saturated heterocycles. The van der Waals surface area contributed by atoms with E-state index in [-0.39, 0.29) is 5.78 Å². The molecule has 0 fully saturated rings. The lowest BCUT2D eigenvalue weighted by molar-refractivity contribution is 0.104. The Bertz CT molecular complexity index is 809.